The SMILES string of the molecule is CC(=O)NC(CC(=O)Nc1cc(C)[nH]n1)c1ccc(Cl)cc1. The van der Waals surface area contributed by atoms with Crippen molar-refractivity contribution in [1.29, 1.82) is 0 Å². The highest BCUT2D eigenvalue weighted by molar-refractivity contribution is 6.30. The molecule has 0 saturated heterocycles. The number of anilines is 1. The number of carbonyl (C=O) groups excluding carboxylic acids is 2. The molecule has 1 heterocycles. The molecule has 0 radical (unpaired) electrons. The molecule has 7 heteroatoms. The number of H-pyrrole nitrogens is 1. The maximum Gasteiger partial charge on any atom is 0.227 e. The van der Waals surface area contributed by atoms with Crippen molar-refractivity contribution in [2.24, 2.45) is 0 Å². The number of aromatic amines is 1. The molecule has 2 aromatic rings. The Balaban J connectivity index is 2.07. The minimum absolute atomic E-state index is 0.104. The molecular formula is C15H17ClN4O2. The van der Waals surface area contributed by atoms with Crippen LogP contribution >= 0.6 is 11.6 Å². The Kier molecular flexibility index (Phi) is 5.16. The predicted molar refractivity (Wildman–Crippen MR) is 84.6 cm³/mol. The first-order valence-electron chi connectivity index (χ1n) is 6.78. The van der Waals surface area contributed by atoms with Gasteiger partial charge in [-0.1, -0.05) is 23.7 Å². The fourth-order valence-corrected chi connectivity index (χ4v) is 2.18. The summed E-state index contributed by atoms with van der Waals surface area (Å²) in [5.41, 5.74) is 1.67. The van der Waals surface area contributed by atoms with Gasteiger partial charge < -0.3 is 10.6 Å². The number of rotatable bonds is 5. The number of aryl methyl sites for hydroxylation is 1. The first kappa shape index (κ1) is 16.0. The molecule has 1 aromatic heterocycles. The standard InChI is InChI=1S/C15H17ClN4O2/c1-9-7-14(20-19-9)18-15(22)8-13(17-10(2)21)11-3-5-12(16)6-4-11/h3-7,13H,8H2,1-2H3,(H,17,21)(H2,18,19,20,22). The van der Waals surface area contributed by atoms with E-state index in [1.165, 1.54) is 6.92 Å². The fourth-order valence-electron chi connectivity index (χ4n) is 2.05. The van der Waals surface area contributed by atoms with E-state index < -0.39 is 6.04 Å². The van der Waals surface area contributed by atoms with Gasteiger partial charge in [-0.05, 0) is 24.6 Å². The molecular weight excluding hydrogens is 304 g/mol. The van der Waals surface area contributed by atoms with Gasteiger partial charge in [-0.3, -0.25) is 14.7 Å². The summed E-state index contributed by atoms with van der Waals surface area (Å²) >= 11 is 5.86. The van der Waals surface area contributed by atoms with Crippen molar-refractivity contribution >= 4 is 29.2 Å². The summed E-state index contributed by atoms with van der Waals surface area (Å²) in [6.45, 7) is 3.26. The van der Waals surface area contributed by atoms with E-state index in [9.17, 15) is 9.59 Å². The van der Waals surface area contributed by atoms with Crippen LogP contribution in [0.15, 0.2) is 30.3 Å². The number of nitrogens with one attached hydrogen (secondary N) is 3. The number of halogens is 1. The second-order valence-electron chi connectivity index (χ2n) is 4.99. The number of benzene rings is 1. The first-order valence-corrected chi connectivity index (χ1v) is 7.16. The van der Waals surface area contributed by atoms with E-state index in [1.807, 2.05) is 6.92 Å². The molecule has 0 aliphatic carbocycles. The highest BCUT2D eigenvalue weighted by Crippen LogP contribution is 2.20. The first-order chi connectivity index (χ1) is 10.4. The monoisotopic (exact) mass is 320 g/mol. The Morgan fingerprint density at radius 3 is 2.55 bits per heavy atom. The van der Waals surface area contributed by atoms with Crippen molar-refractivity contribution in [2.45, 2.75) is 26.3 Å². The molecule has 6 nitrogen and oxygen atoms in total. The average Bonchev–Trinajstić information content (AvgIpc) is 2.83. The van der Waals surface area contributed by atoms with Crippen LogP contribution in [-0.4, -0.2) is 22.0 Å². The molecule has 2 rings (SSSR count). The van der Waals surface area contributed by atoms with E-state index in [0.29, 0.717) is 10.8 Å². The molecule has 1 unspecified atom stereocenters. The Morgan fingerprint density at radius 2 is 2.00 bits per heavy atom. The van der Waals surface area contributed by atoms with E-state index in [2.05, 4.69) is 20.8 Å². The zero-order chi connectivity index (χ0) is 16.1. The van der Waals surface area contributed by atoms with Gasteiger partial charge in [0, 0.05) is 23.7 Å². The average molecular weight is 321 g/mol. The third-order valence-corrected chi connectivity index (χ3v) is 3.26. The number of carbonyl (C=O) groups is 2. The van der Waals surface area contributed by atoms with Crippen molar-refractivity contribution in [2.75, 3.05) is 5.32 Å². The smallest absolute Gasteiger partial charge is 0.227 e. The molecule has 1 aromatic carbocycles. The molecule has 3 N–H and O–H groups in total. The molecule has 2 amide bonds. The molecule has 116 valence electrons. The predicted octanol–water partition coefficient (Wildman–Crippen LogP) is 2.58. The second-order valence-corrected chi connectivity index (χ2v) is 5.43. The van der Waals surface area contributed by atoms with Crippen LogP contribution in [0.1, 0.15) is 30.6 Å². The number of hydrogen-bond donors (Lipinski definition) is 3. The molecule has 22 heavy (non-hydrogen) atoms. The van der Waals surface area contributed by atoms with Crippen molar-refractivity contribution in [3.63, 3.8) is 0 Å². The summed E-state index contributed by atoms with van der Waals surface area (Å²) < 4.78 is 0. The molecule has 1 atom stereocenters. The number of aromatic nitrogens is 2. The van der Waals surface area contributed by atoms with Crippen LogP contribution in [0, 0.1) is 6.92 Å². The van der Waals surface area contributed by atoms with Crippen molar-refractivity contribution < 1.29 is 9.59 Å². The zero-order valence-electron chi connectivity index (χ0n) is 12.3. The van der Waals surface area contributed by atoms with Crippen LogP contribution in [-0.2, 0) is 9.59 Å². The summed E-state index contributed by atoms with van der Waals surface area (Å²) in [5, 5.41) is 12.7. The molecule has 0 spiro atoms. The van der Waals surface area contributed by atoms with Gasteiger partial charge in [-0.2, -0.15) is 5.10 Å². The normalized spacial score (nSPS) is 11.8. The minimum atomic E-state index is -0.421. The van der Waals surface area contributed by atoms with E-state index in [1.54, 1.807) is 30.3 Å². The number of amides is 2. The van der Waals surface area contributed by atoms with Crippen LogP contribution in [0.4, 0.5) is 5.82 Å². The van der Waals surface area contributed by atoms with Gasteiger partial charge in [0.15, 0.2) is 5.82 Å². The third kappa shape index (κ3) is 4.60. The zero-order valence-corrected chi connectivity index (χ0v) is 13.1. The van der Waals surface area contributed by atoms with Gasteiger partial charge in [0.2, 0.25) is 11.8 Å². The summed E-state index contributed by atoms with van der Waals surface area (Å²) in [5.74, 6) is 0.0174. The van der Waals surface area contributed by atoms with E-state index in [0.717, 1.165) is 11.3 Å². The van der Waals surface area contributed by atoms with Crippen LogP contribution < -0.4 is 10.6 Å². The van der Waals surface area contributed by atoms with E-state index >= 15 is 0 Å². The highest BCUT2D eigenvalue weighted by Gasteiger charge is 2.17. The van der Waals surface area contributed by atoms with Crippen LogP contribution in [0.25, 0.3) is 0 Å². The lowest BCUT2D eigenvalue weighted by Gasteiger charge is -2.17. The quantitative estimate of drug-likeness (QED) is 0.791. The van der Waals surface area contributed by atoms with Gasteiger partial charge in [0.25, 0.3) is 0 Å². The van der Waals surface area contributed by atoms with Gasteiger partial charge in [0.05, 0.1) is 12.5 Å². The Hall–Kier alpha value is -2.34. The van der Waals surface area contributed by atoms with Gasteiger partial charge >= 0.3 is 0 Å². The van der Waals surface area contributed by atoms with Crippen LogP contribution in [0.5, 0.6) is 0 Å². The van der Waals surface area contributed by atoms with Crippen LogP contribution in [0.3, 0.4) is 0 Å². The van der Waals surface area contributed by atoms with E-state index in [-0.39, 0.29) is 18.2 Å². The topological polar surface area (TPSA) is 86.9 Å². The maximum absolute atomic E-state index is 12.1. The maximum atomic E-state index is 12.1. The summed E-state index contributed by atoms with van der Waals surface area (Å²) in [6, 6.07) is 8.33. The minimum Gasteiger partial charge on any atom is -0.349 e. The Bertz CT molecular complexity index is 666. The van der Waals surface area contributed by atoms with Crippen molar-refractivity contribution in [1.82, 2.24) is 15.5 Å². The Morgan fingerprint density at radius 1 is 1.32 bits per heavy atom. The summed E-state index contributed by atoms with van der Waals surface area (Å²) in [7, 11) is 0. The lowest BCUT2D eigenvalue weighted by Crippen LogP contribution is -2.29. The molecule has 0 aliphatic heterocycles. The van der Waals surface area contributed by atoms with Gasteiger partial charge in [-0.25, -0.2) is 0 Å². The fraction of sp³-hybridized carbons (Fsp3) is 0.267. The third-order valence-electron chi connectivity index (χ3n) is 3.01. The highest BCUT2D eigenvalue weighted by atomic mass is 35.5. The largest absolute Gasteiger partial charge is 0.349 e. The summed E-state index contributed by atoms with van der Waals surface area (Å²) in [6.07, 6.45) is 0.104. The lowest BCUT2D eigenvalue weighted by atomic mass is 10.0. The lowest BCUT2D eigenvalue weighted by molar-refractivity contribution is -0.120. The Labute approximate surface area is 133 Å². The van der Waals surface area contributed by atoms with Crippen LogP contribution in [0.2, 0.25) is 5.02 Å². The van der Waals surface area contributed by atoms with Crippen molar-refractivity contribution in [3.05, 3.63) is 46.6 Å². The molecule has 0 saturated carbocycles. The van der Waals surface area contributed by atoms with Gasteiger partial charge in [0.1, 0.15) is 0 Å². The molecule has 0 fully saturated rings. The van der Waals surface area contributed by atoms with Gasteiger partial charge in [-0.15, -0.1) is 0 Å². The molecule has 0 aliphatic rings. The second kappa shape index (κ2) is 7.09. The van der Waals surface area contributed by atoms with E-state index in [4.69, 9.17) is 11.6 Å². The molecule has 0 bridgehead atoms. The number of hydrogen-bond acceptors (Lipinski definition) is 3. The van der Waals surface area contributed by atoms with Crippen molar-refractivity contribution in [3.8, 4) is 0 Å². The number of nitrogens with zero attached hydrogens (tertiary/aromatic N) is 1. The summed E-state index contributed by atoms with van der Waals surface area (Å²) in [4.78, 5) is 23.5.